The van der Waals surface area contributed by atoms with Crippen molar-refractivity contribution in [2.75, 3.05) is 32.1 Å². The van der Waals surface area contributed by atoms with Gasteiger partial charge < -0.3 is 28.8 Å². The van der Waals surface area contributed by atoms with Gasteiger partial charge >= 0.3 is 6.03 Å². The first kappa shape index (κ1) is 25.4. The average Bonchev–Trinajstić information content (AvgIpc) is 3.47. The van der Waals surface area contributed by atoms with E-state index < -0.39 is 0 Å². The maximum Gasteiger partial charge on any atom is 0.322 e. The van der Waals surface area contributed by atoms with Gasteiger partial charge in [-0.25, -0.2) is 4.79 Å². The van der Waals surface area contributed by atoms with Crippen molar-refractivity contribution in [1.82, 2.24) is 14.4 Å². The molecule has 34 heavy (non-hydrogen) atoms. The summed E-state index contributed by atoms with van der Waals surface area (Å²) in [5.74, 6) is 0.486. The number of aryl methyl sites for hydroxylation is 2. The summed E-state index contributed by atoms with van der Waals surface area (Å²) >= 11 is 6.20. The van der Waals surface area contributed by atoms with Crippen LogP contribution in [0.25, 0.3) is 0 Å². The van der Waals surface area contributed by atoms with E-state index in [0.717, 1.165) is 11.3 Å². The van der Waals surface area contributed by atoms with Crippen LogP contribution in [-0.4, -0.2) is 53.1 Å². The summed E-state index contributed by atoms with van der Waals surface area (Å²) in [6.45, 7) is 3.35. The molecule has 0 atom stereocenters. The Hall–Kier alpha value is -3.23. The van der Waals surface area contributed by atoms with Crippen molar-refractivity contribution < 1.29 is 18.7 Å². The average molecular weight is 487 g/mol. The molecule has 0 aliphatic carbocycles. The third kappa shape index (κ3) is 7.13. The number of nitrogens with one attached hydrogen (secondary N) is 1. The third-order valence-corrected chi connectivity index (χ3v) is 5.90. The Morgan fingerprint density at radius 3 is 2.62 bits per heavy atom. The molecular formula is C25H31ClN4O4. The first-order valence-electron chi connectivity index (χ1n) is 11.1. The first-order chi connectivity index (χ1) is 16.4. The monoisotopic (exact) mass is 486 g/mol. The molecule has 0 unspecified atom stereocenters. The number of aromatic nitrogens is 1. The SMILES string of the molecule is COCCCN(CC(=O)N(Cc1ccco1)Cc1cccn1C)C(=O)Nc1ccc(C)c(Cl)c1. The van der Waals surface area contributed by atoms with Gasteiger partial charge in [0.2, 0.25) is 5.91 Å². The summed E-state index contributed by atoms with van der Waals surface area (Å²) in [5.41, 5.74) is 2.46. The lowest BCUT2D eigenvalue weighted by Gasteiger charge is -2.27. The molecular weight excluding hydrogens is 456 g/mol. The maximum absolute atomic E-state index is 13.4. The molecule has 1 N–H and O–H groups in total. The van der Waals surface area contributed by atoms with Crippen molar-refractivity contribution in [3.05, 3.63) is 77.0 Å². The molecule has 0 radical (unpaired) electrons. The van der Waals surface area contributed by atoms with Crippen molar-refractivity contribution in [3.8, 4) is 0 Å². The number of hydrogen-bond acceptors (Lipinski definition) is 4. The van der Waals surface area contributed by atoms with Crippen LogP contribution in [-0.2, 0) is 29.7 Å². The highest BCUT2D eigenvalue weighted by molar-refractivity contribution is 6.31. The van der Waals surface area contributed by atoms with Gasteiger partial charge in [-0.05, 0) is 55.3 Å². The van der Waals surface area contributed by atoms with Crippen molar-refractivity contribution >= 4 is 29.2 Å². The number of urea groups is 1. The Labute approximate surface area is 205 Å². The van der Waals surface area contributed by atoms with Crippen molar-refractivity contribution in [1.29, 1.82) is 0 Å². The number of carbonyl (C=O) groups excluding carboxylic acids is 2. The second kappa shape index (κ2) is 12.3. The molecule has 0 bridgehead atoms. The predicted octanol–water partition coefficient (Wildman–Crippen LogP) is 4.68. The highest BCUT2D eigenvalue weighted by Gasteiger charge is 2.23. The molecule has 0 fully saturated rings. The lowest BCUT2D eigenvalue weighted by atomic mass is 10.2. The van der Waals surface area contributed by atoms with Gasteiger partial charge in [0.1, 0.15) is 12.3 Å². The van der Waals surface area contributed by atoms with Crippen LogP contribution >= 0.6 is 11.6 Å². The highest BCUT2D eigenvalue weighted by atomic mass is 35.5. The zero-order chi connectivity index (χ0) is 24.5. The summed E-state index contributed by atoms with van der Waals surface area (Å²) in [6.07, 6.45) is 4.11. The molecule has 0 aliphatic rings. The minimum absolute atomic E-state index is 0.0831. The molecule has 3 aromatic rings. The normalized spacial score (nSPS) is 10.8. The second-order valence-corrected chi connectivity index (χ2v) is 8.51. The van der Waals surface area contributed by atoms with E-state index in [9.17, 15) is 9.59 Å². The summed E-state index contributed by atoms with van der Waals surface area (Å²) in [7, 11) is 3.54. The zero-order valence-corrected chi connectivity index (χ0v) is 20.5. The zero-order valence-electron chi connectivity index (χ0n) is 19.8. The Morgan fingerprint density at radius 1 is 1.15 bits per heavy atom. The van der Waals surface area contributed by atoms with Gasteiger partial charge in [-0.3, -0.25) is 4.79 Å². The Balaban J connectivity index is 1.75. The van der Waals surface area contributed by atoms with E-state index in [1.165, 1.54) is 4.90 Å². The topological polar surface area (TPSA) is 80.0 Å². The maximum atomic E-state index is 13.4. The van der Waals surface area contributed by atoms with Gasteiger partial charge in [0.25, 0.3) is 0 Å². The molecule has 0 saturated heterocycles. The summed E-state index contributed by atoms with van der Waals surface area (Å²) in [6, 6.07) is 12.5. The van der Waals surface area contributed by atoms with E-state index in [0.29, 0.717) is 49.1 Å². The fourth-order valence-electron chi connectivity index (χ4n) is 3.47. The van der Waals surface area contributed by atoms with Gasteiger partial charge in [0, 0.05) is 49.9 Å². The van der Waals surface area contributed by atoms with Gasteiger partial charge in [0.15, 0.2) is 0 Å². The number of nitrogens with zero attached hydrogens (tertiary/aromatic N) is 3. The lowest BCUT2D eigenvalue weighted by molar-refractivity contribution is -0.133. The van der Waals surface area contributed by atoms with Crippen LogP contribution in [0.5, 0.6) is 0 Å². The van der Waals surface area contributed by atoms with Crippen LogP contribution in [0.15, 0.2) is 59.3 Å². The van der Waals surface area contributed by atoms with Gasteiger partial charge in [0.05, 0.1) is 19.4 Å². The molecule has 1 aromatic carbocycles. The Kier molecular flexibility index (Phi) is 9.18. The van der Waals surface area contributed by atoms with Crippen molar-refractivity contribution in [2.24, 2.45) is 7.05 Å². The van der Waals surface area contributed by atoms with Gasteiger partial charge in [-0.15, -0.1) is 0 Å². The number of carbonyl (C=O) groups is 2. The number of hydrogen-bond donors (Lipinski definition) is 1. The largest absolute Gasteiger partial charge is 0.467 e. The Bertz CT molecular complexity index is 1080. The summed E-state index contributed by atoms with van der Waals surface area (Å²) in [4.78, 5) is 29.7. The summed E-state index contributed by atoms with van der Waals surface area (Å²) in [5, 5.41) is 3.41. The fraction of sp³-hybridized carbons (Fsp3) is 0.360. The van der Waals surface area contributed by atoms with Crippen molar-refractivity contribution in [3.63, 3.8) is 0 Å². The van der Waals surface area contributed by atoms with Gasteiger partial charge in [-0.1, -0.05) is 17.7 Å². The number of halogens is 1. The van der Waals surface area contributed by atoms with E-state index in [2.05, 4.69) is 5.32 Å². The van der Waals surface area contributed by atoms with Crippen LogP contribution in [0, 0.1) is 6.92 Å². The van der Waals surface area contributed by atoms with Crippen molar-refractivity contribution in [2.45, 2.75) is 26.4 Å². The molecule has 8 nitrogen and oxygen atoms in total. The molecule has 182 valence electrons. The molecule has 3 rings (SSSR count). The minimum atomic E-state index is -0.374. The number of anilines is 1. The molecule has 0 saturated carbocycles. The van der Waals surface area contributed by atoms with E-state index >= 15 is 0 Å². The third-order valence-electron chi connectivity index (χ3n) is 5.50. The molecule has 2 aromatic heterocycles. The van der Waals surface area contributed by atoms with Crippen LogP contribution < -0.4 is 5.32 Å². The number of benzene rings is 1. The smallest absolute Gasteiger partial charge is 0.322 e. The second-order valence-electron chi connectivity index (χ2n) is 8.10. The van der Waals surface area contributed by atoms with E-state index in [4.69, 9.17) is 20.8 Å². The first-order valence-corrected chi connectivity index (χ1v) is 11.5. The van der Waals surface area contributed by atoms with Crippen LogP contribution in [0.1, 0.15) is 23.4 Å². The Morgan fingerprint density at radius 2 is 1.97 bits per heavy atom. The minimum Gasteiger partial charge on any atom is -0.467 e. The molecule has 2 heterocycles. The quantitative estimate of drug-likeness (QED) is 0.399. The number of methoxy groups -OCH3 is 1. The predicted molar refractivity (Wildman–Crippen MR) is 132 cm³/mol. The van der Waals surface area contributed by atoms with Crippen LogP contribution in [0.4, 0.5) is 10.5 Å². The van der Waals surface area contributed by atoms with E-state index in [1.54, 1.807) is 36.5 Å². The lowest BCUT2D eigenvalue weighted by Crippen LogP contribution is -2.44. The van der Waals surface area contributed by atoms with E-state index in [-0.39, 0.29) is 18.5 Å². The van der Waals surface area contributed by atoms with Crippen LogP contribution in [0.3, 0.4) is 0 Å². The fourth-order valence-corrected chi connectivity index (χ4v) is 3.65. The molecule has 0 aliphatic heterocycles. The molecule has 0 spiro atoms. The number of ether oxygens (including phenoxy) is 1. The highest BCUT2D eigenvalue weighted by Crippen LogP contribution is 2.20. The summed E-state index contributed by atoms with van der Waals surface area (Å²) < 4.78 is 12.6. The van der Waals surface area contributed by atoms with Crippen LogP contribution in [0.2, 0.25) is 5.02 Å². The van der Waals surface area contributed by atoms with Gasteiger partial charge in [-0.2, -0.15) is 0 Å². The standard InChI is InChI=1S/C25H31ClN4O4/c1-19-9-10-20(15-23(19)26)27-25(32)29(12-6-13-33-3)18-24(31)30(17-22-8-5-14-34-22)16-21-7-4-11-28(21)2/h4-5,7-11,14-15H,6,12-13,16-18H2,1-3H3,(H,27,32). The number of rotatable bonds is 11. The number of furan rings is 1. The molecule has 9 heteroatoms. The van der Waals surface area contributed by atoms with E-state index in [1.807, 2.05) is 49.0 Å². The molecule has 3 amide bonds. The number of amides is 3.